The van der Waals surface area contributed by atoms with Crippen molar-refractivity contribution >= 4 is 0 Å². The van der Waals surface area contributed by atoms with E-state index in [1.807, 2.05) is 0 Å². The molecule has 0 radical (unpaired) electrons. The molecule has 0 unspecified atom stereocenters. The second-order valence-corrected chi connectivity index (χ2v) is 6.05. The van der Waals surface area contributed by atoms with Crippen molar-refractivity contribution in [1.82, 2.24) is 0 Å². The van der Waals surface area contributed by atoms with Gasteiger partial charge >= 0.3 is 0 Å². The van der Waals surface area contributed by atoms with Gasteiger partial charge in [-0.1, -0.05) is 40.2 Å². The van der Waals surface area contributed by atoms with E-state index in [2.05, 4.69) is 40.7 Å². The largest absolute Gasteiger partial charge is 0.374 e. The van der Waals surface area contributed by atoms with Crippen LogP contribution in [0.1, 0.15) is 60.3 Å². The summed E-state index contributed by atoms with van der Waals surface area (Å²) in [6.45, 7) is 12.5. The lowest BCUT2D eigenvalue weighted by Crippen LogP contribution is -2.28. The molecule has 0 amide bonds. The first-order valence-electron chi connectivity index (χ1n) is 7.34. The molecule has 0 bridgehead atoms. The van der Waals surface area contributed by atoms with Crippen LogP contribution in [0, 0.1) is 17.8 Å². The third-order valence-electron chi connectivity index (χ3n) is 4.09. The SMILES string of the molecule is CC[C@@H](C)C[C@H](C)/C=C(\C)[C@@H]1OCCC[C@H]1C. The van der Waals surface area contributed by atoms with Crippen molar-refractivity contribution < 1.29 is 4.74 Å². The van der Waals surface area contributed by atoms with Crippen molar-refractivity contribution in [2.75, 3.05) is 6.61 Å². The van der Waals surface area contributed by atoms with E-state index < -0.39 is 0 Å². The molecule has 17 heavy (non-hydrogen) atoms. The first-order valence-corrected chi connectivity index (χ1v) is 7.34. The maximum absolute atomic E-state index is 5.92. The molecule has 1 aliphatic rings. The summed E-state index contributed by atoms with van der Waals surface area (Å²) in [5.74, 6) is 2.21. The van der Waals surface area contributed by atoms with Gasteiger partial charge in [-0.25, -0.2) is 0 Å². The van der Waals surface area contributed by atoms with Gasteiger partial charge in [-0.3, -0.25) is 0 Å². The molecule has 1 saturated heterocycles. The van der Waals surface area contributed by atoms with Crippen molar-refractivity contribution in [1.29, 1.82) is 0 Å². The molecular weight excluding hydrogens is 208 g/mol. The van der Waals surface area contributed by atoms with E-state index in [1.54, 1.807) is 0 Å². The molecule has 4 atom stereocenters. The second-order valence-electron chi connectivity index (χ2n) is 6.05. The molecule has 1 aliphatic heterocycles. The van der Waals surface area contributed by atoms with Crippen molar-refractivity contribution in [3.8, 4) is 0 Å². The highest BCUT2D eigenvalue weighted by Gasteiger charge is 2.23. The molecule has 1 heterocycles. The molecule has 1 nitrogen and oxygen atoms in total. The van der Waals surface area contributed by atoms with Crippen LogP contribution in [-0.2, 0) is 4.74 Å². The Balaban J connectivity index is 2.51. The number of allylic oxidation sites excluding steroid dienone is 1. The van der Waals surface area contributed by atoms with Gasteiger partial charge in [0.1, 0.15) is 0 Å². The minimum Gasteiger partial charge on any atom is -0.374 e. The zero-order chi connectivity index (χ0) is 12.8. The topological polar surface area (TPSA) is 9.23 Å². The van der Waals surface area contributed by atoms with E-state index in [0.717, 1.165) is 12.5 Å². The Morgan fingerprint density at radius 2 is 2.12 bits per heavy atom. The Morgan fingerprint density at radius 3 is 2.71 bits per heavy atom. The molecular formula is C16H30O. The zero-order valence-corrected chi connectivity index (χ0v) is 12.3. The highest BCUT2D eigenvalue weighted by atomic mass is 16.5. The molecule has 1 fully saturated rings. The maximum Gasteiger partial charge on any atom is 0.0807 e. The quantitative estimate of drug-likeness (QED) is 0.624. The minimum atomic E-state index is 0.378. The summed E-state index contributed by atoms with van der Waals surface area (Å²) < 4.78 is 5.92. The van der Waals surface area contributed by atoms with Gasteiger partial charge < -0.3 is 4.74 Å². The van der Waals surface area contributed by atoms with Gasteiger partial charge in [0, 0.05) is 6.61 Å². The molecule has 0 N–H and O–H groups in total. The fourth-order valence-corrected chi connectivity index (χ4v) is 2.92. The van der Waals surface area contributed by atoms with Crippen LogP contribution in [-0.4, -0.2) is 12.7 Å². The molecule has 1 heteroatoms. The van der Waals surface area contributed by atoms with Crippen molar-refractivity contribution in [2.24, 2.45) is 17.8 Å². The fourth-order valence-electron chi connectivity index (χ4n) is 2.92. The summed E-state index contributed by atoms with van der Waals surface area (Å²) in [6, 6.07) is 0. The monoisotopic (exact) mass is 238 g/mol. The third kappa shape index (κ3) is 4.83. The Morgan fingerprint density at radius 1 is 1.41 bits per heavy atom. The predicted octanol–water partition coefficient (Wildman–Crippen LogP) is 4.82. The fraction of sp³-hybridized carbons (Fsp3) is 0.875. The lowest BCUT2D eigenvalue weighted by atomic mass is 9.88. The molecule has 100 valence electrons. The highest BCUT2D eigenvalue weighted by Crippen LogP contribution is 2.27. The molecule has 0 aromatic carbocycles. The van der Waals surface area contributed by atoms with E-state index in [4.69, 9.17) is 4.74 Å². The van der Waals surface area contributed by atoms with Gasteiger partial charge in [-0.05, 0) is 49.5 Å². The third-order valence-corrected chi connectivity index (χ3v) is 4.09. The van der Waals surface area contributed by atoms with Crippen molar-refractivity contribution in [3.63, 3.8) is 0 Å². The Labute approximate surface area is 108 Å². The van der Waals surface area contributed by atoms with Crippen LogP contribution < -0.4 is 0 Å². The molecule has 0 saturated carbocycles. The van der Waals surface area contributed by atoms with Crippen LogP contribution in [0.15, 0.2) is 11.6 Å². The number of rotatable bonds is 5. The lowest BCUT2D eigenvalue weighted by molar-refractivity contribution is 0.00272. The number of ether oxygens (including phenoxy) is 1. The van der Waals surface area contributed by atoms with Gasteiger partial charge in [0.15, 0.2) is 0 Å². The summed E-state index contributed by atoms with van der Waals surface area (Å²) in [5.41, 5.74) is 1.45. The van der Waals surface area contributed by atoms with Crippen LogP contribution in [0.25, 0.3) is 0 Å². The minimum absolute atomic E-state index is 0.378. The Hall–Kier alpha value is -0.300. The second kappa shape index (κ2) is 7.20. The molecule has 1 rings (SSSR count). The van der Waals surface area contributed by atoms with E-state index in [1.165, 1.54) is 31.3 Å². The summed E-state index contributed by atoms with van der Waals surface area (Å²) in [5, 5.41) is 0. The summed E-state index contributed by atoms with van der Waals surface area (Å²) in [6.07, 6.45) is 7.95. The molecule has 0 aromatic heterocycles. The van der Waals surface area contributed by atoms with Gasteiger partial charge in [-0.2, -0.15) is 0 Å². The number of hydrogen-bond donors (Lipinski definition) is 0. The van der Waals surface area contributed by atoms with Gasteiger partial charge in [0.25, 0.3) is 0 Å². The normalized spacial score (nSPS) is 30.1. The average Bonchev–Trinajstić information content (AvgIpc) is 2.29. The highest BCUT2D eigenvalue weighted by molar-refractivity contribution is 5.09. The standard InChI is InChI=1S/C16H30O/c1-6-12(2)10-13(3)11-15(5)16-14(4)8-7-9-17-16/h11-14,16H,6-10H2,1-5H3/b15-11+/t12-,13+,14-,16-/m1/s1. The van der Waals surface area contributed by atoms with Crippen LogP contribution in [0.4, 0.5) is 0 Å². The van der Waals surface area contributed by atoms with Crippen LogP contribution in [0.2, 0.25) is 0 Å². The van der Waals surface area contributed by atoms with E-state index in [9.17, 15) is 0 Å². The lowest BCUT2D eigenvalue weighted by Gasteiger charge is -2.30. The zero-order valence-electron chi connectivity index (χ0n) is 12.3. The Kier molecular flexibility index (Phi) is 6.26. The number of hydrogen-bond acceptors (Lipinski definition) is 1. The molecule has 0 spiro atoms. The van der Waals surface area contributed by atoms with Crippen molar-refractivity contribution in [2.45, 2.75) is 66.4 Å². The van der Waals surface area contributed by atoms with Gasteiger partial charge in [0.2, 0.25) is 0 Å². The van der Waals surface area contributed by atoms with Crippen LogP contribution >= 0.6 is 0 Å². The predicted molar refractivity (Wildman–Crippen MR) is 75.1 cm³/mol. The Bertz CT molecular complexity index is 244. The first kappa shape index (κ1) is 14.8. The molecule has 0 aromatic rings. The van der Waals surface area contributed by atoms with E-state index >= 15 is 0 Å². The van der Waals surface area contributed by atoms with Crippen LogP contribution in [0.5, 0.6) is 0 Å². The van der Waals surface area contributed by atoms with E-state index in [-0.39, 0.29) is 0 Å². The van der Waals surface area contributed by atoms with Gasteiger partial charge in [0.05, 0.1) is 6.10 Å². The first-order chi connectivity index (χ1) is 8.04. The smallest absolute Gasteiger partial charge is 0.0807 e. The summed E-state index contributed by atoms with van der Waals surface area (Å²) >= 11 is 0. The summed E-state index contributed by atoms with van der Waals surface area (Å²) in [7, 11) is 0. The van der Waals surface area contributed by atoms with Crippen LogP contribution in [0.3, 0.4) is 0 Å². The maximum atomic E-state index is 5.92. The average molecular weight is 238 g/mol. The molecule has 0 aliphatic carbocycles. The summed E-state index contributed by atoms with van der Waals surface area (Å²) in [4.78, 5) is 0. The van der Waals surface area contributed by atoms with Crippen molar-refractivity contribution in [3.05, 3.63) is 11.6 Å². The van der Waals surface area contributed by atoms with E-state index in [0.29, 0.717) is 17.9 Å². The van der Waals surface area contributed by atoms with Gasteiger partial charge in [-0.15, -0.1) is 0 Å².